The number of ketones is 1. The van der Waals surface area contributed by atoms with Gasteiger partial charge in [-0.3, -0.25) is 4.79 Å². The van der Waals surface area contributed by atoms with Crippen molar-refractivity contribution in [2.24, 2.45) is 5.41 Å². The summed E-state index contributed by atoms with van der Waals surface area (Å²) in [6.45, 7) is 6.18. The van der Waals surface area contributed by atoms with Gasteiger partial charge in [0.05, 0.1) is 33.1 Å². The molecule has 1 aliphatic carbocycles. The number of hydrogen-bond donors (Lipinski definition) is 1. The van der Waals surface area contributed by atoms with E-state index in [0.29, 0.717) is 12.2 Å². The van der Waals surface area contributed by atoms with Gasteiger partial charge in [-0.1, -0.05) is 43.8 Å². The number of rotatable bonds is 3. The quantitative estimate of drug-likeness (QED) is 0.492. The van der Waals surface area contributed by atoms with Gasteiger partial charge in [0.2, 0.25) is 0 Å². The molecular weight excluding hydrogens is 406 g/mol. The van der Waals surface area contributed by atoms with Crippen LogP contribution < -0.4 is 5.73 Å². The van der Waals surface area contributed by atoms with Crippen LogP contribution in [0, 0.1) is 12.3 Å². The molecule has 0 atom stereocenters. The SMILES string of the molecule is Cc1nn(-c2ccc3c(N)ncnc3c2Sc2ccccc2)c2c1C(=O)CC(C)(C)C2. The van der Waals surface area contributed by atoms with Crippen LogP contribution in [0.3, 0.4) is 0 Å². The predicted octanol–water partition coefficient (Wildman–Crippen LogP) is 5.01. The molecule has 0 bridgehead atoms. The molecule has 0 spiro atoms. The lowest BCUT2D eigenvalue weighted by molar-refractivity contribution is 0.0910. The van der Waals surface area contributed by atoms with Crippen LogP contribution in [0.4, 0.5) is 5.82 Å². The molecule has 0 saturated carbocycles. The first-order valence-electron chi connectivity index (χ1n) is 10.2. The molecule has 0 unspecified atom stereocenters. The Morgan fingerprint density at radius 1 is 1.06 bits per heavy atom. The largest absolute Gasteiger partial charge is 0.383 e. The van der Waals surface area contributed by atoms with Crippen LogP contribution in [-0.4, -0.2) is 25.5 Å². The molecule has 2 N–H and O–H groups in total. The lowest BCUT2D eigenvalue weighted by Gasteiger charge is -2.29. The Kier molecular flexibility index (Phi) is 4.59. The van der Waals surface area contributed by atoms with Crippen LogP contribution in [0.2, 0.25) is 0 Å². The standard InChI is InChI=1S/C24H23N5OS/c1-14-20-18(11-24(2,3)12-19(20)30)29(28-14)17-10-9-16-21(26-13-27-23(16)25)22(17)31-15-7-5-4-6-8-15/h4-10,13H,11-12H2,1-3H3,(H2,25,26,27). The number of carbonyl (C=O) groups excluding carboxylic acids is 1. The summed E-state index contributed by atoms with van der Waals surface area (Å²) in [4.78, 5) is 23.7. The summed E-state index contributed by atoms with van der Waals surface area (Å²) in [5, 5.41) is 5.62. The van der Waals surface area contributed by atoms with Crippen molar-refractivity contribution in [1.82, 2.24) is 19.7 Å². The maximum atomic E-state index is 12.9. The van der Waals surface area contributed by atoms with E-state index in [1.807, 2.05) is 41.9 Å². The number of benzene rings is 2. The zero-order valence-electron chi connectivity index (χ0n) is 17.7. The smallest absolute Gasteiger partial charge is 0.167 e. The predicted molar refractivity (Wildman–Crippen MR) is 123 cm³/mol. The molecule has 31 heavy (non-hydrogen) atoms. The van der Waals surface area contributed by atoms with Gasteiger partial charge in [-0.15, -0.1) is 0 Å². The van der Waals surface area contributed by atoms with Gasteiger partial charge >= 0.3 is 0 Å². The number of aryl methyl sites for hydroxylation is 1. The normalized spacial score (nSPS) is 15.3. The summed E-state index contributed by atoms with van der Waals surface area (Å²) >= 11 is 1.62. The van der Waals surface area contributed by atoms with Crippen LogP contribution >= 0.6 is 11.8 Å². The van der Waals surface area contributed by atoms with E-state index in [1.54, 1.807) is 11.8 Å². The van der Waals surface area contributed by atoms with E-state index in [0.717, 1.165) is 49.8 Å². The molecule has 5 rings (SSSR count). The van der Waals surface area contributed by atoms with Gasteiger partial charge in [0.15, 0.2) is 5.78 Å². The number of Topliss-reactive ketones (excluding diaryl/α,β-unsaturated/α-hetero) is 1. The summed E-state index contributed by atoms with van der Waals surface area (Å²) < 4.78 is 1.94. The Morgan fingerprint density at radius 3 is 2.61 bits per heavy atom. The summed E-state index contributed by atoms with van der Waals surface area (Å²) in [5.74, 6) is 0.612. The third-order valence-electron chi connectivity index (χ3n) is 5.68. The highest BCUT2D eigenvalue weighted by molar-refractivity contribution is 7.99. The fraction of sp³-hybridized carbons (Fsp3) is 0.250. The lowest BCUT2D eigenvalue weighted by atomic mass is 9.75. The van der Waals surface area contributed by atoms with Crippen LogP contribution in [-0.2, 0) is 6.42 Å². The average molecular weight is 430 g/mol. The molecule has 156 valence electrons. The summed E-state index contributed by atoms with van der Waals surface area (Å²) in [5.41, 5.74) is 10.2. The highest BCUT2D eigenvalue weighted by Gasteiger charge is 2.36. The molecule has 2 aromatic heterocycles. The van der Waals surface area contributed by atoms with Crippen LogP contribution in [0.25, 0.3) is 16.6 Å². The summed E-state index contributed by atoms with van der Waals surface area (Å²) in [7, 11) is 0. The Balaban J connectivity index is 1.78. The number of anilines is 1. The monoisotopic (exact) mass is 429 g/mol. The van der Waals surface area contributed by atoms with Gasteiger partial charge in [0.1, 0.15) is 12.1 Å². The van der Waals surface area contributed by atoms with Crippen LogP contribution in [0.1, 0.15) is 42.0 Å². The number of nitrogens with zero attached hydrogens (tertiary/aromatic N) is 4. The van der Waals surface area contributed by atoms with Crippen molar-refractivity contribution in [3.63, 3.8) is 0 Å². The molecule has 7 heteroatoms. The highest BCUT2D eigenvalue weighted by atomic mass is 32.2. The maximum Gasteiger partial charge on any atom is 0.167 e. The zero-order valence-corrected chi connectivity index (χ0v) is 18.5. The minimum absolute atomic E-state index is 0.107. The van der Waals surface area contributed by atoms with Crippen LogP contribution in [0.15, 0.2) is 58.6 Å². The second-order valence-electron chi connectivity index (χ2n) is 8.74. The van der Waals surface area contributed by atoms with Crippen LogP contribution in [0.5, 0.6) is 0 Å². The van der Waals surface area contributed by atoms with Crippen molar-refractivity contribution in [2.45, 2.75) is 43.4 Å². The van der Waals surface area contributed by atoms with Crippen molar-refractivity contribution >= 4 is 34.3 Å². The van der Waals surface area contributed by atoms with Gasteiger partial charge in [-0.2, -0.15) is 5.10 Å². The van der Waals surface area contributed by atoms with Gasteiger partial charge in [0, 0.05) is 16.7 Å². The maximum absolute atomic E-state index is 12.9. The molecule has 2 heterocycles. The Bertz CT molecular complexity index is 1330. The van der Waals surface area contributed by atoms with Gasteiger partial charge in [-0.05, 0) is 43.0 Å². The minimum Gasteiger partial charge on any atom is -0.383 e. The van der Waals surface area contributed by atoms with E-state index < -0.39 is 0 Å². The number of hydrogen-bond acceptors (Lipinski definition) is 6. The van der Waals surface area contributed by atoms with E-state index in [9.17, 15) is 4.79 Å². The molecule has 6 nitrogen and oxygen atoms in total. The molecule has 1 aliphatic rings. The molecule has 0 radical (unpaired) electrons. The third-order valence-corrected chi connectivity index (χ3v) is 6.80. The van der Waals surface area contributed by atoms with Gasteiger partial charge < -0.3 is 5.73 Å². The second kappa shape index (κ2) is 7.20. The van der Waals surface area contributed by atoms with E-state index in [-0.39, 0.29) is 11.2 Å². The Morgan fingerprint density at radius 2 is 1.84 bits per heavy atom. The molecule has 2 aromatic carbocycles. The first kappa shape index (κ1) is 19.8. The lowest BCUT2D eigenvalue weighted by Crippen LogP contribution is -2.28. The van der Waals surface area contributed by atoms with E-state index >= 15 is 0 Å². The van der Waals surface area contributed by atoms with Crippen molar-refractivity contribution in [1.29, 1.82) is 0 Å². The first-order chi connectivity index (χ1) is 14.8. The topological polar surface area (TPSA) is 86.7 Å². The molecular formula is C24H23N5OS. The minimum atomic E-state index is -0.107. The summed E-state index contributed by atoms with van der Waals surface area (Å²) in [6, 6.07) is 14.1. The zero-order chi connectivity index (χ0) is 21.8. The number of fused-ring (bicyclic) bond motifs is 2. The van der Waals surface area contributed by atoms with Crippen molar-refractivity contribution in [2.75, 3.05) is 5.73 Å². The number of nitrogen functional groups attached to an aromatic ring is 1. The van der Waals surface area contributed by atoms with Crippen molar-refractivity contribution in [3.8, 4) is 5.69 Å². The molecule has 0 amide bonds. The molecule has 0 saturated heterocycles. The third kappa shape index (κ3) is 3.39. The molecule has 4 aromatic rings. The number of aromatic nitrogens is 4. The average Bonchev–Trinajstić information content (AvgIpc) is 3.04. The van der Waals surface area contributed by atoms with E-state index in [2.05, 4.69) is 35.9 Å². The number of carbonyl (C=O) groups is 1. The fourth-order valence-corrected chi connectivity index (χ4v) is 5.37. The Labute approximate surface area is 184 Å². The molecule has 0 aliphatic heterocycles. The summed E-state index contributed by atoms with van der Waals surface area (Å²) in [6.07, 6.45) is 2.82. The first-order valence-corrected chi connectivity index (χ1v) is 11.0. The second-order valence-corrected chi connectivity index (χ2v) is 9.83. The van der Waals surface area contributed by atoms with Crippen molar-refractivity contribution in [3.05, 3.63) is 65.7 Å². The Hall–Kier alpha value is -3.19. The van der Waals surface area contributed by atoms with E-state index in [4.69, 9.17) is 10.8 Å². The van der Waals surface area contributed by atoms with Crippen molar-refractivity contribution < 1.29 is 4.79 Å². The molecule has 0 fully saturated rings. The van der Waals surface area contributed by atoms with E-state index in [1.165, 1.54) is 6.33 Å². The number of nitrogens with two attached hydrogens (primary N) is 1. The van der Waals surface area contributed by atoms with Gasteiger partial charge in [-0.25, -0.2) is 14.6 Å². The highest BCUT2D eigenvalue weighted by Crippen LogP contribution is 2.41. The fourth-order valence-electron chi connectivity index (χ4n) is 4.33. The van der Waals surface area contributed by atoms with Gasteiger partial charge in [0.25, 0.3) is 0 Å².